The number of aliphatic hydroxyl groups is 1. The summed E-state index contributed by atoms with van der Waals surface area (Å²) in [6.07, 6.45) is 0.602. The molecule has 1 saturated heterocycles. The van der Waals surface area contributed by atoms with Gasteiger partial charge >= 0.3 is 0 Å². The van der Waals surface area contributed by atoms with Gasteiger partial charge in [-0.05, 0) is 24.1 Å². The zero-order valence-corrected chi connectivity index (χ0v) is 16.3. The van der Waals surface area contributed by atoms with Crippen LogP contribution in [-0.2, 0) is 4.79 Å². The molecule has 4 rings (SSSR count). The van der Waals surface area contributed by atoms with Crippen molar-refractivity contribution in [3.05, 3.63) is 65.7 Å². The summed E-state index contributed by atoms with van der Waals surface area (Å²) in [6, 6.07) is 17.6. The summed E-state index contributed by atoms with van der Waals surface area (Å²) in [5.41, 5.74) is 2.89. The van der Waals surface area contributed by atoms with Crippen LogP contribution in [0.5, 0.6) is 0 Å². The van der Waals surface area contributed by atoms with E-state index in [4.69, 9.17) is 0 Å². The van der Waals surface area contributed by atoms with Crippen molar-refractivity contribution in [3.63, 3.8) is 0 Å². The van der Waals surface area contributed by atoms with Gasteiger partial charge in [0.2, 0.25) is 5.91 Å². The van der Waals surface area contributed by atoms with Crippen molar-refractivity contribution in [2.75, 3.05) is 32.0 Å². The van der Waals surface area contributed by atoms with Gasteiger partial charge in [-0.15, -0.1) is 0 Å². The molecule has 148 valence electrons. The second-order valence-electron chi connectivity index (χ2n) is 7.26. The molecule has 2 N–H and O–H groups in total. The van der Waals surface area contributed by atoms with Crippen molar-refractivity contribution in [1.82, 2.24) is 9.80 Å². The highest BCUT2D eigenvalue weighted by molar-refractivity contribution is 6.17. The number of aliphatic hydroxyl groups excluding tert-OH is 1. The first kappa shape index (κ1) is 20.0. The van der Waals surface area contributed by atoms with Crippen LogP contribution in [-0.4, -0.2) is 59.5 Å². The third-order valence-corrected chi connectivity index (χ3v) is 5.25. The van der Waals surface area contributed by atoms with Gasteiger partial charge in [-0.25, -0.2) is 0 Å². The Labute approximate surface area is 165 Å². The van der Waals surface area contributed by atoms with E-state index < -0.39 is 0 Å². The molecule has 0 aliphatic carbocycles. The summed E-state index contributed by atoms with van der Waals surface area (Å²) in [6.45, 7) is 3.97. The minimum atomic E-state index is -0.223. The number of benzene rings is 2. The molecule has 6 heteroatoms. The van der Waals surface area contributed by atoms with Gasteiger partial charge in [-0.2, -0.15) is 0 Å². The molecule has 2 amide bonds. The molecule has 1 fully saturated rings. The van der Waals surface area contributed by atoms with Crippen molar-refractivity contribution in [1.29, 1.82) is 0 Å². The molecule has 2 heterocycles. The molecule has 0 radical (unpaired) electrons. The number of carbonyl (C=O) groups excluding carboxylic acids is 2. The molecule has 2 aromatic carbocycles. The maximum absolute atomic E-state index is 11.7. The number of nitrogens with one attached hydrogen (secondary N) is 1. The smallest absolute Gasteiger partial charge is 0.257 e. The molecule has 0 bridgehead atoms. The number of carbonyl (C=O) groups is 2. The second-order valence-corrected chi connectivity index (χ2v) is 7.26. The molecule has 0 aromatic heterocycles. The molecule has 6 nitrogen and oxygen atoms in total. The number of rotatable bonds is 4. The molecular weight excluding hydrogens is 354 g/mol. The lowest BCUT2D eigenvalue weighted by molar-refractivity contribution is -0.130. The average molecular weight is 381 g/mol. The van der Waals surface area contributed by atoms with E-state index in [2.05, 4.69) is 22.3 Å². The van der Waals surface area contributed by atoms with Gasteiger partial charge in [-0.3, -0.25) is 14.5 Å². The number of nitrogens with zero attached hydrogens (tertiary/aromatic N) is 2. The highest BCUT2D eigenvalue weighted by Gasteiger charge is 2.26. The fourth-order valence-electron chi connectivity index (χ4n) is 3.49. The van der Waals surface area contributed by atoms with Crippen LogP contribution in [0.2, 0.25) is 0 Å². The Morgan fingerprint density at radius 2 is 1.89 bits per heavy atom. The Kier molecular flexibility index (Phi) is 6.44. The van der Waals surface area contributed by atoms with E-state index in [0.717, 1.165) is 36.3 Å². The zero-order chi connectivity index (χ0) is 20.1. The van der Waals surface area contributed by atoms with E-state index in [9.17, 15) is 14.7 Å². The van der Waals surface area contributed by atoms with Crippen LogP contribution in [0.3, 0.4) is 0 Å². The Morgan fingerprint density at radius 1 is 1.21 bits per heavy atom. The van der Waals surface area contributed by atoms with Gasteiger partial charge in [0.25, 0.3) is 5.91 Å². The van der Waals surface area contributed by atoms with Gasteiger partial charge in [0, 0.05) is 33.6 Å². The number of anilines is 1. The Morgan fingerprint density at radius 3 is 2.43 bits per heavy atom. The van der Waals surface area contributed by atoms with Gasteiger partial charge in [0.05, 0.1) is 23.4 Å². The Hall–Kier alpha value is -2.70. The van der Waals surface area contributed by atoms with E-state index >= 15 is 0 Å². The third kappa shape index (κ3) is 4.77. The SMILES string of the molecule is CC(=O)N(C)C(CN1CCC(O)C1)c1ccccc1.O=C1Nc2ccccc21. The maximum atomic E-state index is 11.7. The molecular formula is C22H27N3O3. The van der Waals surface area contributed by atoms with Gasteiger partial charge in [-0.1, -0.05) is 42.5 Å². The first-order valence-corrected chi connectivity index (χ1v) is 9.55. The van der Waals surface area contributed by atoms with Crippen LogP contribution in [0.1, 0.15) is 35.3 Å². The molecule has 2 atom stereocenters. The highest BCUT2D eigenvalue weighted by atomic mass is 16.3. The minimum absolute atomic E-state index is 0.0330. The summed E-state index contributed by atoms with van der Waals surface area (Å²) in [7, 11) is 1.84. The average Bonchev–Trinajstić information content (AvgIpc) is 3.11. The van der Waals surface area contributed by atoms with E-state index in [1.807, 2.05) is 49.5 Å². The normalized spacial score (nSPS) is 18.8. The van der Waals surface area contributed by atoms with Crippen LogP contribution in [0, 0.1) is 0 Å². The minimum Gasteiger partial charge on any atom is -0.392 e. The van der Waals surface area contributed by atoms with Gasteiger partial charge in [0.15, 0.2) is 0 Å². The van der Waals surface area contributed by atoms with Crippen molar-refractivity contribution in [2.45, 2.75) is 25.5 Å². The standard InChI is InChI=1S/C15H22N2O2.C7H5NO/c1-12(18)16(2)15(13-6-4-3-5-7-13)11-17-9-8-14(19)10-17;9-7-5-3-1-2-4-6(5)8-7/h3-7,14-15,19H,8-11H2,1-2H3;1-4H,(H,8,9). The van der Waals surface area contributed by atoms with Gasteiger partial charge in [0.1, 0.15) is 0 Å². The predicted molar refractivity (Wildman–Crippen MR) is 109 cm³/mol. The van der Waals surface area contributed by atoms with E-state index in [1.54, 1.807) is 11.8 Å². The zero-order valence-electron chi connectivity index (χ0n) is 16.3. The third-order valence-electron chi connectivity index (χ3n) is 5.25. The summed E-state index contributed by atoms with van der Waals surface area (Å²) in [5.74, 6) is 0.0965. The quantitative estimate of drug-likeness (QED) is 0.854. The number of amides is 2. The van der Waals surface area contributed by atoms with Crippen LogP contribution in [0.25, 0.3) is 0 Å². The number of para-hydroxylation sites is 1. The van der Waals surface area contributed by atoms with Crippen molar-refractivity contribution in [3.8, 4) is 0 Å². The first-order valence-electron chi connectivity index (χ1n) is 9.55. The van der Waals surface area contributed by atoms with Crippen molar-refractivity contribution < 1.29 is 14.7 Å². The van der Waals surface area contributed by atoms with E-state index in [0.29, 0.717) is 6.54 Å². The molecule has 0 saturated carbocycles. The number of likely N-dealkylation sites (tertiary alicyclic amines) is 1. The largest absolute Gasteiger partial charge is 0.392 e. The lowest BCUT2D eigenvalue weighted by Gasteiger charge is -2.31. The number of hydrogen-bond donors (Lipinski definition) is 2. The molecule has 2 unspecified atom stereocenters. The number of fused-ring (bicyclic) bond motifs is 1. The fourth-order valence-corrected chi connectivity index (χ4v) is 3.49. The molecule has 2 aliphatic rings. The van der Waals surface area contributed by atoms with Crippen LogP contribution < -0.4 is 5.32 Å². The number of hydrogen-bond acceptors (Lipinski definition) is 4. The number of likely N-dealkylation sites (N-methyl/N-ethyl adjacent to an activating group) is 1. The Bertz CT molecular complexity index is 825. The Balaban J connectivity index is 0.000000206. The second kappa shape index (κ2) is 8.99. The summed E-state index contributed by atoms with van der Waals surface area (Å²) < 4.78 is 0. The van der Waals surface area contributed by atoms with Crippen LogP contribution >= 0.6 is 0 Å². The number of β-amino-alcohol motifs (C(OH)–C–C–N with tert-alkyl or cyclic N) is 1. The topological polar surface area (TPSA) is 72.9 Å². The lowest BCUT2D eigenvalue weighted by atomic mass is 10.1. The molecule has 2 aromatic rings. The van der Waals surface area contributed by atoms with Crippen LogP contribution in [0.4, 0.5) is 5.69 Å². The summed E-state index contributed by atoms with van der Waals surface area (Å²) in [4.78, 5) is 26.3. The molecule has 0 spiro atoms. The van der Waals surface area contributed by atoms with Gasteiger partial charge < -0.3 is 15.3 Å². The van der Waals surface area contributed by atoms with E-state index in [1.165, 1.54) is 0 Å². The molecule has 2 aliphatic heterocycles. The first-order chi connectivity index (χ1) is 13.5. The predicted octanol–water partition coefficient (Wildman–Crippen LogP) is 2.52. The van der Waals surface area contributed by atoms with Crippen molar-refractivity contribution >= 4 is 17.5 Å². The van der Waals surface area contributed by atoms with E-state index in [-0.39, 0.29) is 24.0 Å². The van der Waals surface area contributed by atoms with Crippen LogP contribution in [0.15, 0.2) is 54.6 Å². The fraction of sp³-hybridized carbons (Fsp3) is 0.364. The van der Waals surface area contributed by atoms with Crippen molar-refractivity contribution in [2.24, 2.45) is 0 Å². The summed E-state index contributed by atoms with van der Waals surface area (Å²) in [5, 5.41) is 12.3. The monoisotopic (exact) mass is 381 g/mol. The lowest BCUT2D eigenvalue weighted by Crippen LogP contribution is -2.38. The highest BCUT2D eigenvalue weighted by Crippen LogP contribution is 2.24. The molecule has 28 heavy (non-hydrogen) atoms. The maximum Gasteiger partial charge on any atom is 0.257 e. The summed E-state index contributed by atoms with van der Waals surface area (Å²) >= 11 is 0.